The maximum Gasteiger partial charge on any atom is 0.337 e. The number of rotatable bonds is 6. The van der Waals surface area contributed by atoms with Crippen molar-refractivity contribution >= 4 is 37.3 Å². The molecular weight excluding hydrogens is 450 g/mol. The van der Waals surface area contributed by atoms with Gasteiger partial charge in [0.2, 0.25) is 18.1 Å². The van der Waals surface area contributed by atoms with Crippen LogP contribution in [0.5, 0.6) is 0 Å². The first kappa shape index (κ1) is 27.1. The molecule has 2 fully saturated rings. The monoisotopic (exact) mass is 489 g/mol. The Labute approximate surface area is 196 Å². The molecule has 0 aliphatic carbocycles. The summed E-state index contributed by atoms with van der Waals surface area (Å²) in [5, 5.41) is -0.634. The highest BCUT2D eigenvalue weighted by atomic mass is 32.2. The van der Waals surface area contributed by atoms with Crippen LogP contribution < -0.4 is 0 Å². The summed E-state index contributed by atoms with van der Waals surface area (Å²) in [4.78, 5) is 39.2. The van der Waals surface area contributed by atoms with Crippen LogP contribution in [0.1, 0.15) is 62.3 Å². The van der Waals surface area contributed by atoms with Crippen LogP contribution in [0, 0.1) is 11.3 Å². The van der Waals surface area contributed by atoms with Crippen LogP contribution in [0.25, 0.3) is 0 Å². The van der Waals surface area contributed by atoms with Gasteiger partial charge in [-0.3, -0.25) is 14.5 Å². The van der Waals surface area contributed by atoms with E-state index in [0.29, 0.717) is 0 Å². The van der Waals surface area contributed by atoms with Gasteiger partial charge in [-0.25, -0.2) is 4.79 Å². The number of β-lactam (4-membered cyclic amide) rings is 1. The lowest BCUT2D eigenvalue weighted by molar-refractivity contribution is -0.182. The number of nitrogens with zero attached hydrogens (tertiary/aromatic N) is 1. The second-order valence-electron chi connectivity index (χ2n) is 11.8. The predicted octanol–water partition coefficient (Wildman–Crippen LogP) is 3.18. The molecule has 0 bridgehead atoms. The topological polar surface area (TPSA) is 105 Å². The van der Waals surface area contributed by atoms with Gasteiger partial charge < -0.3 is 18.5 Å². The molecule has 1 unspecified atom stereocenters. The molecule has 2 aliphatic rings. The quantitative estimate of drug-likeness (QED) is 0.185. The first-order valence-electron chi connectivity index (χ1n) is 11.0. The Bertz CT molecular complexity index is 771. The third kappa shape index (κ3) is 4.74. The van der Waals surface area contributed by atoms with Crippen molar-refractivity contribution in [3.63, 3.8) is 0 Å². The van der Waals surface area contributed by atoms with Gasteiger partial charge in [0.25, 0.3) is 0 Å². The maximum absolute atomic E-state index is 13.3. The van der Waals surface area contributed by atoms with E-state index in [1.165, 1.54) is 4.90 Å². The molecule has 5 atom stereocenters. The summed E-state index contributed by atoms with van der Waals surface area (Å²) >= 11 is -1.49. The van der Waals surface area contributed by atoms with Gasteiger partial charge in [-0.05, 0) is 70.9 Å². The Balaban J connectivity index is 2.13. The van der Waals surface area contributed by atoms with Crippen molar-refractivity contribution < 1.29 is 32.8 Å². The molecule has 184 valence electrons. The second kappa shape index (κ2) is 8.59. The lowest BCUT2D eigenvalue weighted by Gasteiger charge is -2.47. The molecular formula is C22H39NO7SSi. The normalized spacial score (nSPS) is 28.6. The zero-order chi connectivity index (χ0) is 25.0. The number of esters is 2. The highest BCUT2D eigenvalue weighted by molar-refractivity contribution is 7.93. The summed E-state index contributed by atoms with van der Waals surface area (Å²) in [5.41, 5.74) is -0.730. The Morgan fingerprint density at radius 3 is 2.16 bits per heavy atom. The van der Waals surface area contributed by atoms with E-state index < -0.39 is 71.8 Å². The van der Waals surface area contributed by atoms with E-state index in [4.69, 9.17) is 13.9 Å². The van der Waals surface area contributed by atoms with Gasteiger partial charge in [-0.15, -0.1) is 0 Å². The second-order valence-corrected chi connectivity index (χ2v) is 18.7. The minimum atomic E-state index is -2.14. The molecule has 0 spiro atoms. The van der Waals surface area contributed by atoms with Crippen molar-refractivity contribution in [2.24, 2.45) is 11.3 Å². The first-order chi connectivity index (χ1) is 14.2. The predicted molar refractivity (Wildman–Crippen MR) is 124 cm³/mol. The van der Waals surface area contributed by atoms with Crippen molar-refractivity contribution in [1.29, 1.82) is 0 Å². The summed E-state index contributed by atoms with van der Waals surface area (Å²) in [6.45, 7) is 20.3. The van der Waals surface area contributed by atoms with Crippen LogP contribution in [0.15, 0.2) is 0 Å². The summed E-state index contributed by atoms with van der Waals surface area (Å²) in [7, 11) is -2.14. The van der Waals surface area contributed by atoms with Gasteiger partial charge in [0.1, 0.15) is 5.92 Å². The highest BCUT2D eigenvalue weighted by Crippen LogP contribution is 2.51. The number of carbonyl (C=O) groups is 3. The molecule has 0 radical (unpaired) electrons. The zero-order valence-corrected chi connectivity index (χ0v) is 23.0. The lowest BCUT2D eigenvalue weighted by Crippen LogP contribution is -2.67. The minimum Gasteiger partial charge on any atom is -0.614 e. The van der Waals surface area contributed by atoms with Crippen molar-refractivity contribution in [3.05, 3.63) is 0 Å². The molecule has 10 heteroatoms. The molecule has 2 aliphatic heterocycles. The summed E-state index contributed by atoms with van der Waals surface area (Å²) in [5.74, 6) is -2.05. The van der Waals surface area contributed by atoms with E-state index >= 15 is 0 Å². The molecule has 2 rings (SSSR count). The van der Waals surface area contributed by atoms with Gasteiger partial charge in [0.05, 0.1) is 11.5 Å². The average Bonchev–Trinajstić information content (AvgIpc) is 2.77. The molecule has 32 heavy (non-hydrogen) atoms. The van der Waals surface area contributed by atoms with E-state index in [2.05, 4.69) is 33.9 Å². The highest BCUT2D eigenvalue weighted by Gasteiger charge is 2.73. The molecule has 0 aromatic heterocycles. The molecule has 8 nitrogen and oxygen atoms in total. The van der Waals surface area contributed by atoms with Crippen LogP contribution in [-0.4, -0.2) is 64.7 Å². The lowest BCUT2D eigenvalue weighted by atomic mass is 9.88. The van der Waals surface area contributed by atoms with Gasteiger partial charge in [-0.1, -0.05) is 20.8 Å². The Hall–Kier alpha value is -1.10. The number of carbonyl (C=O) groups excluding carboxylic acids is 3. The fourth-order valence-electron chi connectivity index (χ4n) is 3.76. The number of hydrogen-bond acceptors (Lipinski definition) is 7. The van der Waals surface area contributed by atoms with E-state index in [-0.39, 0.29) is 10.9 Å². The number of hydrogen-bond donors (Lipinski definition) is 0. The van der Waals surface area contributed by atoms with Gasteiger partial charge in [0, 0.05) is 0 Å². The molecule has 2 heterocycles. The zero-order valence-electron chi connectivity index (χ0n) is 21.2. The van der Waals surface area contributed by atoms with Crippen molar-refractivity contribution in [2.45, 2.75) is 103 Å². The standard InChI is InChI=1S/C22H39NO7SSi/c1-13(30-32(10,11)21(5,6)7)14-16(24)23-15(22(8,9)31(27)17(14)23)18(25)28-12-29-19(26)20(2,3)4/h13-15,17H,12H2,1-11H3/t13-,14+,15-,17+,31?/m0/s1. The first-order valence-corrected chi connectivity index (χ1v) is 15.1. The van der Waals surface area contributed by atoms with Crippen molar-refractivity contribution in [1.82, 2.24) is 4.90 Å². The van der Waals surface area contributed by atoms with Crippen LogP contribution in [0.2, 0.25) is 18.1 Å². The Morgan fingerprint density at radius 1 is 1.16 bits per heavy atom. The van der Waals surface area contributed by atoms with Crippen molar-refractivity contribution in [3.8, 4) is 0 Å². The number of amides is 1. The van der Waals surface area contributed by atoms with E-state index in [9.17, 15) is 18.9 Å². The van der Waals surface area contributed by atoms with E-state index in [1.807, 2.05) is 6.92 Å². The average molecular weight is 490 g/mol. The van der Waals surface area contributed by atoms with E-state index in [1.54, 1.807) is 34.6 Å². The smallest absolute Gasteiger partial charge is 0.337 e. The minimum absolute atomic E-state index is 0.0291. The van der Waals surface area contributed by atoms with Gasteiger partial charge >= 0.3 is 11.9 Å². The molecule has 0 aromatic carbocycles. The third-order valence-electron chi connectivity index (χ3n) is 6.81. The SMILES string of the molecule is C[C@H](O[Si](C)(C)C(C)(C)C)[C@@H]1C(=O)N2[C@@H]1[S+]([O-])C(C)(C)[C@@H]2C(=O)OCOC(=O)C(C)(C)C. The van der Waals surface area contributed by atoms with Crippen LogP contribution in [-0.2, 0) is 39.5 Å². The summed E-state index contributed by atoms with van der Waals surface area (Å²) in [6.07, 6.45) is -0.410. The van der Waals surface area contributed by atoms with Crippen LogP contribution in [0.3, 0.4) is 0 Å². The Morgan fingerprint density at radius 2 is 1.69 bits per heavy atom. The van der Waals surface area contributed by atoms with Gasteiger partial charge in [0.15, 0.2) is 19.1 Å². The molecule has 0 aromatic rings. The van der Waals surface area contributed by atoms with Crippen LogP contribution in [0.4, 0.5) is 0 Å². The third-order valence-corrected chi connectivity index (χ3v) is 13.6. The number of fused-ring (bicyclic) bond motifs is 1. The molecule has 0 N–H and O–H groups in total. The van der Waals surface area contributed by atoms with Crippen molar-refractivity contribution in [2.75, 3.05) is 6.79 Å². The van der Waals surface area contributed by atoms with E-state index in [0.717, 1.165) is 0 Å². The molecule has 0 saturated carbocycles. The van der Waals surface area contributed by atoms with Gasteiger partial charge in [-0.2, -0.15) is 0 Å². The summed E-state index contributed by atoms with van der Waals surface area (Å²) < 4.78 is 28.9. The Kier molecular flexibility index (Phi) is 7.29. The molecule has 1 amide bonds. The summed E-state index contributed by atoms with van der Waals surface area (Å²) in [6, 6.07) is -1.01. The fraction of sp³-hybridized carbons (Fsp3) is 0.864. The number of ether oxygens (including phenoxy) is 2. The largest absolute Gasteiger partial charge is 0.614 e. The fourth-order valence-corrected chi connectivity index (χ4v) is 7.28. The molecule has 2 saturated heterocycles. The van der Waals surface area contributed by atoms with Crippen LogP contribution >= 0.6 is 0 Å². The maximum atomic E-state index is 13.3.